The van der Waals surface area contributed by atoms with E-state index in [1.165, 1.54) is 6.26 Å². The van der Waals surface area contributed by atoms with Gasteiger partial charge in [0.15, 0.2) is 5.76 Å². The lowest BCUT2D eigenvalue weighted by Crippen LogP contribution is -2.39. The molecular formula is C12H16N2O4. The van der Waals surface area contributed by atoms with E-state index in [0.29, 0.717) is 6.54 Å². The van der Waals surface area contributed by atoms with Crippen LogP contribution < -0.4 is 10.6 Å². The zero-order valence-electron chi connectivity index (χ0n) is 9.98. The van der Waals surface area contributed by atoms with Crippen molar-refractivity contribution in [3.05, 3.63) is 24.2 Å². The normalized spacial score (nSPS) is 18.6. The van der Waals surface area contributed by atoms with Crippen molar-refractivity contribution in [1.82, 2.24) is 10.6 Å². The molecule has 0 spiro atoms. The first-order chi connectivity index (χ1) is 8.75. The number of hydrogen-bond acceptors (Lipinski definition) is 4. The van der Waals surface area contributed by atoms with Crippen molar-refractivity contribution in [3.63, 3.8) is 0 Å². The molecular weight excluding hydrogens is 236 g/mol. The summed E-state index contributed by atoms with van der Waals surface area (Å²) in [5.41, 5.74) is 0. The molecule has 0 saturated carbocycles. The monoisotopic (exact) mass is 252 g/mol. The van der Waals surface area contributed by atoms with Gasteiger partial charge in [0.2, 0.25) is 5.91 Å². The SMILES string of the molecule is O=C(CNC(=O)c1ccco1)NC[C@@H]1CCCO1. The molecule has 0 aromatic carbocycles. The van der Waals surface area contributed by atoms with E-state index in [2.05, 4.69) is 10.6 Å². The van der Waals surface area contributed by atoms with Gasteiger partial charge in [0.25, 0.3) is 5.91 Å². The zero-order chi connectivity index (χ0) is 12.8. The van der Waals surface area contributed by atoms with Crippen LogP contribution in [0.2, 0.25) is 0 Å². The van der Waals surface area contributed by atoms with E-state index in [4.69, 9.17) is 9.15 Å². The second-order valence-electron chi connectivity index (χ2n) is 4.10. The van der Waals surface area contributed by atoms with Crippen LogP contribution in [0.4, 0.5) is 0 Å². The topological polar surface area (TPSA) is 80.6 Å². The Morgan fingerprint density at radius 1 is 1.39 bits per heavy atom. The van der Waals surface area contributed by atoms with Crippen LogP contribution in [0.25, 0.3) is 0 Å². The molecule has 6 heteroatoms. The fraction of sp³-hybridized carbons (Fsp3) is 0.500. The molecule has 0 bridgehead atoms. The van der Waals surface area contributed by atoms with E-state index >= 15 is 0 Å². The van der Waals surface area contributed by atoms with E-state index in [1.54, 1.807) is 12.1 Å². The van der Waals surface area contributed by atoms with Crippen LogP contribution >= 0.6 is 0 Å². The van der Waals surface area contributed by atoms with Crippen molar-refractivity contribution in [1.29, 1.82) is 0 Å². The molecule has 2 N–H and O–H groups in total. The zero-order valence-corrected chi connectivity index (χ0v) is 9.98. The van der Waals surface area contributed by atoms with E-state index in [1.807, 2.05) is 0 Å². The summed E-state index contributed by atoms with van der Waals surface area (Å²) in [6, 6.07) is 3.16. The lowest BCUT2D eigenvalue weighted by Gasteiger charge is -2.10. The van der Waals surface area contributed by atoms with Crippen LogP contribution in [-0.2, 0) is 9.53 Å². The summed E-state index contributed by atoms with van der Waals surface area (Å²) in [4.78, 5) is 22.9. The average molecular weight is 252 g/mol. The number of nitrogens with one attached hydrogen (secondary N) is 2. The van der Waals surface area contributed by atoms with Crippen LogP contribution in [0.5, 0.6) is 0 Å². The predicted molar refractivity (Wildman–Crippen MR) is 63.0 cm³/mol. The van der Waals surface area contributed by atoms with Gasteiger partial charge >= 0.3 is 0 Å². The first-order valence-corrected chi connectivity index (χ1v) is 5.95. The molecule has 1 fully saturated rings. The Kier molecular flexibility index (Phi) is 4.35. The molecule has 6 nitrogen and oxygen atoms in total. The van der Waals surface area contributed by atoms with Crippen molar-refractivity contribution in [2.24, 2.45) is 0 Å². The first-order valence-electron chi connectivity index (χ1n) is 5.95. The van der Waals surface area contributed by atoms with Gasteiger partial charge in [-0.3, -0.25) is 9.59 Å². The lowest BCUT2D eigenvalue weighted by molar-refractivity contribution is -0.120. The maximum absolute atomic E-state index is 11.5. The molecule has 1 aromatic heterocycles. The quantitative estimate of drug-likeness (QED) is 0.790. The molecule has 1 aliphatic rings. The molecule has 2 heterocycles. The van der Waals surface area contributed by atoms with Gasteiger partial charge in [-0.2, -0.15) is 0 Å². The van der Waals surface area contributed by atoms with Gasteiger partial charge < -0.3 is 19.8 Å². The van der Waals surface area contributed by atoms with Gasteiger partial charge in [-0.05, 0) is 25.0 Å². The van der Waals surface area contributed by atoms with E-state index in [9.17, 15) is 9.59 Å². The number of hydrogen-bond donors (Lipinski definition) is 2. The van der Waals surface area contributed by atoms with E-state index in [-0.39, 0.29) is 24.3 Å². The minimum absolute atomic E-state index is 0.0632. The minimum Gasteiger partial charge on any atom is -0.459 e. The van der Waals surface area contributed by atoms with Crippen LogP contribution in [0.3, 0.4) is 0 Å². The van der Waals surface area contributed by atoms with Crippen LogP contribution in [0.1, 0.15) is 23.4 Å². The second-order valence-corrected chi connectivity index (χ2v) is 4.10. The Labute approximate surface area is 105 Å². The smallest absolute Gasteiger partial charge is 0.287 e. The summed E-state index contributed by atoms with van der Waals surface area (Å²) in [5.74, 6) is -0.431. The Bertz CT molecular complexity index is 396. The van der Waals surface area contributed by atoms with Crippen molar-refractivity contribution >= 4 is 11.8 Å². The molecule has 18 heavy (non-hydrogen) atoms. The fourth-order valence-electron chi connectivity index (χ4n) is 1.75. The van der Waals surface area contributed by atoms with Crippen molar-refractivity contribution in [2.75, 3.05) is 19.7 Å². The highest BCUT2D eigenvalue weighted by Crippen LogP contribution is 2.10. The molecule has 1 atom stereocenters. The molecule has 2 rings (SSSR count). The molecule has 1 saturated heterocycles. The second kappa shape index (κ2) is 6.20. The van der Waals surface area contributed by atoms with Gasteiger partial charge in [0.1, 0.15) is 0 Å². The van der Waals surface area contributed by atoms with Crippen LogP contribution in [0.15, 0.2) is 22.8 Å². The third-order valence-corrected chi connectivity index (χ3v) is 2.71. The van der Waals surface area contributed by atoms with Gasteiger partial charge in [0.05, 0.1) is 18.9 Å². The Hall–Kier alpha value is -1.82. The minimum atomic E-state index is -0.396. The fourth-order valence-corrected chi connectivity index (χ4v) is 1.75. The maximum Gasteiger partial charge on any atom is 0.287 e. The van der Waals surface area contributed by atoms with Crippen molar-refractivity contribution in [3.8, 4) is 0 Å². The Morgan fingerprint density at radius 3 is 2.94 bits per heavy atom. The summed E-state index contributed by atoms with van der Waals surface area (Å²) in [7, 11) is 0. The van der Waals surface area contributed by atoms with Crippen LogP contribution in [-0.4, -0.2) is 37.6 Å². The third-order valence-electron chi connectivity index (χ3n) is 2.71. The summed E-state index contributed by atoms with van der Waals surface area (Å²) in [6.07, 6.45) is 3.52. The molecule has 0 radical (unpaired) electrons. The number of furan rings is 1. The number of ether oxygens (including phenoxy) is 1. The van der Waals surface area contributed by atoms with E-state index < -0.39 is 5.91 Å². The highest BCUT2D eigenvalue weighted by molar-refractivity contribution is 5.94. The van der Waals surface area contributed by atoms with Crippen LogP contribution in [0, 0.1) is 0 Å². The molecule has 0 aliphatic carbocycles. The first kappa shape index (κ1) is 12.6. The van der Waals surface area contributed by atoms with Crippen molar-refractivity contribution < 1.29 is 18.7 Å². The van der Waals surface area contributed by atoms with Gasteiger partial charge in [-0.15, -0.1) is 0 Å². The maximum atomic E-state index is 11.5. The van der Waals surface area contributed by atoms with Gasteiger partial charge in [-0.1, -0.05) is 0 Å². The number of carbonyl (C=O) groups excluding carboxylic acids is 2. The number of rotatable bonds is 5. The molecule has 2 amide bonds. The number of carbonyl (C=O) groups is 2. The predicted octanol–water partition coefficient (Wildman–Crippen LogP) is 0.305. The van der Waals surface area contributed by atoms with Gasteiger partial charge in [0, 0.05) is 13.2 Å². The Balaban J connectivity index is 1.63. The average Bonchev–Trinajstić information content (AvgIpc) is 3.05. The molecule has 1 aliphatic heterocycles. The summed E-state index contributed by atoms with van der Waals surface area (Å²) in [5, 5.41) is 5.19. The standard InChI is InChI=1S/C12H16N2O4/c15-11(13-7-9-3-1-5-17-9)8-14-12(16)10-4-2-6-18-10/h2,4,6,9H,1,3,5,7-8H2,(H,13,15)(H,14,16)/t9-/m0/s1. The molecule has 1 aromatic rings. The van der Waals surface area contributed by atoms with Gasteiger partial charge in [-0.25, -0.2) is 0 Å². The van der Waals surface area contributed by atoms with E-state index in [0.717, 1.165) is 19.4 Å². The summed E-state index contributed by atoms with van der Waals surface area (Å²) in [6.45, 7) is 1.19. The lowest BCUT2D eigenvalue weighted by atomic mass is 10.2. The Morgan fingerprint density at radius 2 is 2.28 bits per heavy atom. The largest absolute Gasteiger partial charge is 0.459 e. The highest BCUT2D eigenvalue weighted by Gasteiger charge is 2.16. The summed E-state index contributed by atoms with van der Waals surface area (Å²) < 4.78 is 10.3. The highest BCUT2D eigenvalue weighted by atomic mass is 16.5. The summed E-state index contributed by atoms with van der Waals surface area (Å²) >= 11 is 0. The third kappa shape index (κ3) is 3.59. The number of amides is 2. The van der Waals surface area contributed by atoms with Crippen molar-refractivity contribution in [2.45, 2.75) is 18.9 Å². The molecule has 98 valence electrons. The molecule has 0 unspecified atom stereocenters.